The fourth-order valence-corrected chi connectivity index (χ4v) is 4.73. The van der Waals surface area contributed by atoms with Gasteiger partial charge in [0.05, 0.1) is 12.2 Å². The Morgan fingerprint density at radius 3 is 2.28 bits per heavy atom. The Morgan fingerprint density at radius 2 is 1.64 bits per heavy atom. The van der Waals surface area contributed by atoms with E-state index in [-0.39, 0.29) is 17.2 Å². The number of rotatable bonds is 13. The highest BCUT2D eigenvalue weighted by Crippen LogP contribution is 2.40. The summed E-state index contributed by atoms with van der Waals surface area (Å²) in [6.07, 6.45) is 6.44. The van der Waals surface area contributed by atoms with Crippen molar-refractivity contribution in [2.75, 3.05) is 24.5 Å². The molecule has 1 heterocycles. The van der Waals surface area contributed by atoms with Gasteiger partial charge in [0, 0.05) is 31.2 Å². The molecule has 3 aromatic rings. The number of anilines is 1. The fourth-order valence-electron chi connectivity index (χ4n) is 4.73. The SMILES string of the molecule is CCCN(CCC)c1nc(CCCN[C@@H]2C[C@H]2c2ccc(F)cc2)cn(Cc2ccc(F)cc2)c1=O. The molecule has 0 spiro atoms. The molecule has 1 saturated carbocycles. The number of halogens is 2. The van der Waals surface area contributed by atoms with Crippen LogP contribution in [0, 0.1) is 11.6 Å². The highest BCUT2D eigenvalue weighted by Gasteiger charge is 2.37. The molecule has 7 heteroatoms. The van der Waals surface area contributed by atoms with Crippen LogP contribution in [0.25, 0.3) is 0 Å². The van der Waals surface area contributed by atoms with Gasteiger partial charge in [-0.05, 0) is 74.0 Å². The standard InChI is InChI=1S/C29H36F2N4O/c1-3-16-34(17-4-2)28-29(36)35(19-21-7-11-23(30)12-8-21)20-25(33-28)6-5-15-32-27-18-26(27)22-9-13-24(31)14-10-22/h7-14,20,26-27,32H,3-6,15-19H2,1-2H3/t26-,27+/m0/s1. The summed E-state index contributed by atoms with van der Waals surface area (Å²) in [4.78, 5) is 20.2. The molecule has 0 unspecified atom stereocenters. The predicted molar refractivity (Wildman–Crippen MR) is 141 cm³/mol. The van der Waals surface area contributed by atoms with Crippen molar-refractivity contribution in [1.29, 1.82) is 0 Å². The maximum atomic E-state index is 13.4. The first-order chi connectivity index (χ1) is 17.5. The number of nitrogens with one attached hydrogen (secondary N) is 1. The topological polar surface area (TPSA) is 50.2 Å². The van der Waals surface area contributed by atoms with Crippen molar-refractivity contribution in [3.8, 4) is 0 Å². The van der Waals surface area contributed by atoms with E-state index in [1.807, 2.05) is 18.3 Å². The zero-order chi connectivity index (χ0) is 25.5. The molecule has 1 aliphatic carbocycles. The lowest BCUT2D eigenvalue weighted by Gasteiger charge is -2.23. The molecule has 1 fully saturated rings. The Labute approximate surface area is 212 Å². The summed E-state index contributed by atoms with van der Waals surface area (Å²) < 4.78 is 28.3. The Morgan fingerprint density at radius 1 is 1.00 bits per heavy atom. The monoisotopic (exact) mass is 494 g/mol. The van der Waals surface area contributed by atoms with Crippen molar-refractivity contribution in [2.45, 2.75) is 64.5 Å². The molecule has 0 radical (unpaired) electrons. The van der Waals surface area contributed by atoms with Crippen molar-refractivity contribution in [3.63, 3.8) is 0 Å². The normalized spacial score (nSPS) is 16.8. The summed E-state index contributed by atoms with van der Waals surface area (Å²) in [6.45, 7) is 7.00. The lowest BCUT2D eigenvalue weighted by molar-refractivity contribution is 0.618. The minimum atomic E-state index is -0.288. The van der Waals surface area contributed by atoms with Gasteiger partial charge in [-0.15, -0.1) is 0 Å². The molecule has 1 N–H and O–H groups in total. The quantitative estimate of drug-likeness (QED) is 0.329. The molecular weight excluding hydrogens is 458 g/mol. The number of hydrogen-bond donors (Lipinski definition) is 1. The first-order valence-corrected chi connectivity index (χ1v) is 13.1. The van der Waals surface area contributed by atoms with Crippen LogP contribution >= 0.6 is 0 Å². The van der Waals surface area contributed by atoms with Crippen LogP contribution in [0.15, 0.2) is 59.5 Å². The summed E-state index contributed by atoms with van der Waals surface area (Å²) in [5.74, 6) is 0.464. The van der Waals surface area contributed by atoms with Crippen LogP contribution in [0.3, 0.4) is 0 Å². The third-order valence-electron chi connectivity index (χ3n) is 6.66. The molecule has 1 aromatic heterocycles. The molecule has 0 bridgehead atoms. The molecule has 36 heavy (non-hydrogen) atoms. The van der Waals surface area contributed by atoms with E-state index < -0.39 is 0 Å². The maximum absolute atomic E-state index is 13.4. The highest BCUT2D eigenvalue weighted by molar-refractivity contribution is 5.37. The fraction of sp³-hybridized carbons (Fsp3) is 0.448. The number of benzene rings is 2. The molecule has 2 aromatic carbocycles. The van der Waals surface area contributed by atoms with E-state index in [2.05, 4.69) is 24.1 Å². The third kappa shape index (κ3) is 6.78. The van der Waals surface area contributed by atoms with Gasteiger partial charge >= 0.3 is 0 Å². The first kappa shape index (κ1) is 26.0. The van der Waals surface area contributed by atoms with Crippen molar-refractivity contribution in [1.82, 2.24) is 14.9 Å². The van der Waals surface area contributed by atoms with E-state index in [4.69, 9.17) is 4.98 Å². The van der Waals surface area contributed by atoms with Crippen molar-refractivity contribution < 1.29 is 8.78 Å². The van der Waals surface area contributed by atoms with E-state index in [1.54, 1.807) is 16.7 Å². The number of aromatic nitrogens is 2. The minimum Gasteiger partial charge on any atom is -0.352 e. The molecule has 5 nitrogen and oxygen atoms in total. The second kappa shape index (κ2) is 12.3. The summed E-state index contributed by atoms with van der Waals surface area (Å²) in [6, 6.07) is 13.5. The zero-order valence-corrected chi connectivity index (χ0v) is 21.2. The Bertz CT molecular complexity index is 1170. The molecule has 0 amide bonds. The predicted octanol–water partition coefficient (Wildman–Crippen LogP) is 5.27. The number of hydrogen-bond acceptors (Lipinski definition) is 4. The van der Waals surface area contributed by atoms with E-state index in [0.717, 1.165) is 63.0 Å². The third-order valence-corrected chi connectivity index (χ3v) is 6.66. The van der Waals surface area contributed by atoms with Gasteiger partial charge in [0.25, 0.3) is 5.56 Å². The number of nitrogens with zero attached hydrogens (tertiary/aromatic N) is 3. The van der Waals surface area contributed by atoms with Gasteiger partial charge in [-0.25, -0.2) is 13.8 Å². The van der Waals surface area contributed by atoms with E-state index in [9.17, 15) is 13.6 Å². The Hall–Kier alpha value is -3.06. The molecule has 0 saturated heterocycles. The van der Waals surface area contributed by atoms with Gasteiger partial charge < -0.3 is 14.8 Å². The van der Waals surface area contributed by atoms with Crippen molar-refractivity contribution >= 4 is 5.82 Å². The summed E-state index contributed by atoms with van der Waals surface area (Å²) in [7, 11) is 0. The Kier molecular flexibility index (Phi) is 8.86. The zero-order valence-electron chi connectivity index (χ0n) is 21.2. The van der Waals surface area contributed by atoms with Gasteiger partial charge in [-0.1, -0.05) is 38.1 Å². The second-order valence-electron chi connectivity index (χ2n) is 9.66. The lowest BCUT2D eigenvalue weighted by Crippen LogP contribution is -2.35. The summed E-state index contributed by atoms with van der Waals surface area (Å²) >= 11 is 0. The largest absolute Gasteiger partial charge is 0.352 e. The molecule has 2 atom stereocenters. The van der Waals surface area contributed by atoms with E-state index >= 15 is 0 Å². The van der Waals surface area contributed by atoms with Crippen LogP contribution in [-0.4, -0.2) is 35.2 Å². The van der Waals surface area contributed by atoms with E-state index in [1.165, 1.54) is 29.8 Å². The van der Waals surface area contributed by atoms with Crippen LogP contribution < -0.4 is 15.8 Å². The first-order valence-electron chi connectivity index (χ1n) is 13.1. The van der Waals surface area contributed by atoms with Gasteiger partial charge in [-0.2, -0.15) is 0 Å². The van der Waals surface area contributed by atoms with Crippen molar-refractivity contribution in [3.05, 3.63) is 93.5 Å². The van der Waals surface area contributed by atoms with Crippen LogP contribution in [0.1, 0.15) is 62.3 Å². The lowest BCUT2D eigenvalue weighted by atomic mass is 10.1. The van der Waals surface area contributed by atoms with Gasteiger partial charge in [0.15, 0.2) is 5.82 Å². The molecular formula is C29H36F2N4O. The molecule has 192 valence electrons. The Balaban J connectivity index is 1.43. The molecule has 4 rings (SSSR count). The average Bonchev–Trinajstić information content (AvgIpc) is 3.65. The van der Waals surface area contributed by atoms with Gasteiger partial charge in [0.2, 0.25) is 0 Å². The second-order valence-corrected chi connectivity index (χ2v) is 9.66. The van der Waals surface area contributed by atoms with Crippen LogP contribution in [0.4, 0.5) is 14.6 Å². The highest BCUT2D eigenvalue weighted by atomic mass is 19.1. The van der Waals surface area contributed by atoms with E-state index in [0.29, 0.717) is 24.3 Å². The van der Waals surface area contributed by atoms with Crippen LogP contribution in [-0.2, 0) is 13.0 Å². The number of aryl methyl sites for hydroxylation is 1. The smallest absolute Gasteiger partial charge is 0.293 e. The average molecular weight is 495 g/mol. The molecule has 0 aliphatic heterocycles. The summed E-state index contributed by atoms with van der Waals surface area (Å²) in [5.41, 5.74) is 2.83. The van der Waals surface area contributed by atoms with Crippen LogP contribution in [0.5, 0.6) is 0 Å². The van der Waals surface area contributed by atoms with Gasteiger partial charge in [-0.3, -0.25) is 4.79 Å². The maximum Gasteiger partial charge on any atom is 0.293 e. The summed E-state index contributed by atoms with van der Waals surface area (Å²) in [5, 5.41) is 3.60. The molecule has 1 aliphatic rings. The minimum absolute atomic E-state index is 0.108. The van der Waals surface area contributed by atoms with Gasteiger partial charge in [0.1, 0.15) is 11.6 Å². The van der Waals surface area contributed by atoms with Crippen molar-refractivity contribution in [2.24, 2.45) is 0 Å². The van der Waals surface area contributed by atoms with Crippen LogP contribution in [0.2, 0.25) is 0 Å².